The number of ether oxygens (including phenoxy) is 2. The van der Waals surface area contributed by atoms with Crippen molar-refractivity contribution < 1.29 is 22.7 Å². The van der Waals surface area contributed by atoms with Gasteiger partial charge in [-0.25, -0.2) is 8.42 Å². The largest absolute Gasteiger partial charge is 0.490 e. The summed E-state index contributed by atoms with van der Waals surface area (Å²) >= 11 is 0. The molecule has 2 aromatic carbocycles. The van der Waals surface area contributed by atoms with Gasteiger partial charge in [0.2, 0.25) is 10.0 Å². The lowest BCUT2D eigenvalue weighted by Crippen LogP contribution is -2.40. The van der Waals surface area contributed by atoms with Gasteiger partial charge in [0.05, 0.1) is 23.8 Å². The molecule has 9 heteroatoms. The van der Waals surface area contributed by atoms with E-state index in [9.17, 15) is 13.2 Å². The molecule has 0 spiro atoms. The predicted octanol–water partition coefficient (Wildman–Crippen LogP) is 2.68. The van der Waals surface area contributed by atoms with Crippen LogP contribution < -0.4 is 10.1 Å². The number of anilines is 1. The van der Waals surface area contributed by atoms with Gasteiger partial charge in [0, 0.05) is 25.2 Å². The van der Waals surface area contributed by atoms with E-state index in [2.05, 4.69) is 24.1 Å². The van der Waals surface area contributed by atoms with Crippen molar-refractivity contribution in [3.05, 3.63) is 54.1 Å². The van der Waals surface area contributed by atoms with E-state index in [0.29, 0.717) is 44.3 Å². The van der Waals surface area contributed by atoms with Crippen molar-refractivity contribution in [1.29, 1.82) is 0 Å². The van der Waals surface area contributed by atoms with Gasteiger partial charge in [-0.15, -0.1) is 0 Å². The summed E-state index contributed by atoms with van der Waals surface area (Å²) in [7, 11) is -3.68. The molecule has 1 N–H and O–H groups in total. The normalized spacial score (nSPS) is 15.0. The predicted molar refractivity (Wildman–Crippen MR) is 124 cm³/mol. The van der Waals surface area contributed by atoms with E-state index < -0.39 is 15.9 Å². The summed E-state index contributed by atoms with van der Waals surface area (Å²) < 4.78 is 38.3. The topological polar surface area (TPSA) is 88.2 Å². The SMILES string of the molecule is CCN(CC)CCOc1ccccc1NC(=O)c1cccc(S(=O)(=O)N2CCOCC2)c1. The summed E-state index contributed by atoms with van der Waals surface area (Å²) in [5.74, 6) is 0.175. The quantitative estimate of drug-likeness (QED) is 0.585. The lowest BCUT2D eigenvalue weighted by Gasteiger charge is -2.26. The minimum absolute atomic E-state index is 0.0933. The van der Waals surface area contributed by atoms with Gasteiger partial charge < -0.3 is 19.7 Å². The maximum Gasteiger partial charge on any atom is 0.255 e. The van der Waals surface area contributed by atoms with Crippen LogP contribution in [0.15, 0.2) is 53.4 Å². The standard InChI is InChI=1S/C23H31N3O5S/c1-3-25(4-2)12-17-31-22-11-6-5-10-21(22)24-23(27)19-8-7-9-20(18-19)32(28,29)26-13-15-30-16-14-26/h5-11,18H,3-4,12-17H2,1-2H3,(H,24,27). The maximum absolute atomic E-state index is 12.9. The number of amides is 1. The van der Waals surface area contributed by atoms with Gasteiger partial charge in [0.25, 0.3) is 5.91 Å². The number of benzene rings is 2. The van der Waals surface area contributed by atoms with Crippen molar-refractivity contribution >= 4 is 21.6 Å². The van der Waals surface area contributed by atoms with E-state index in [1.807, 2.05) is 12.1 Å². The van der Waals surface area contributed by atoms with Crippen LogP contribution in [0.4, 0.5) is 5.69 Å². The Labute approximate surface area is 190 Å². The molecule has 1 amide bonds. The second kappa shape index (κ2) is 11.4. The first-order valence-electron chi connectivity index (χ1n) is 10.9. The van der Waals surface area contributed by atoms with Crippen LogP contribution in [0.25, 0.3) is 0 Å². The van der Waals surface area contributed by atoms with E-state index in [1.165, 1.54) is 16.4 Å². The summed E-state index contributed by atoms with van der Waals surface area (Å²) in [6, 6.07) is 13.3. The van der Waals surface area contributed by atoms with Crippen molar-refractivity contribution in [3.8, 4) is 5.75 Å². The molecule has 0 bridgehead atoms. The number of likely N-dealkylation sites (N-methyl/N-ethyl adjacent to an activating group) is 1. The third-order valence-electron chi connectivity index (χ3n) is 5.40. The minimum Gasteiger partial charge on any atom is -0.490 e. The number of hydrogen-bond donors (Lipinski definition) is 1. The van der Waals surface area contributed by atoms with Crippen molar-refractivity contribution in [2.75, 3.05) is 57.9 Å². The molecule has 0 saturated carbocycles. The average Bonchev–Trinajstić information content (AvgIpc) is 2.83. The lowest BCUT2D eigenvalue weighted by atomic mass is 10.2. The summed E-state index contributed by atoms with van der Waals surface area (Å²) in [6.45, 7) is 8.72. The van der Waals surface area contributed by atoms with Crippen LogP contribution in [0.2, 0.25) is 0 Å². The smallest absolute Gasteiger partial charge is 0.255 e. The van der Waals surface area contributed by atoms with Crippen molar-refractivity contribution in [2.45, 2.75) is 18.7 Å². The molecule has 1 saturated heterocycles. The fourth-order valence-electron chi connectivity index (χ4n) is 3.45. The number of carbonyl (C=O) groups excluding carboxylic acids is 1. The molecular weight excluding hydrogens is 430 g/mol. The zero-order valence-corrected chi connectivity index (χ0v) is 19.4. The molecular formula is C23H31N3O5S. The van der Waals surface area contributed by atoms with Crippen molar-refractivity contribution in [3.63, 3.8) is 0 Å². The fraction of sp³-hybridized carbons (Fsp3) is 0.435. The summed E-state index contributed by atoms with van der Waals surface area (Å²) in [4.78, 5) is 15.2. The molecule has 174 valence electrons. The van der Waals surface area contributed by atoms with E-state index in [4.69, 9.17) is 9.47 Å². The van der Waals surface area contributed by atoms with E-state index in [-0.39, 0.29) is 10.5 Å². The Morgan fingerprint density at radius 3 is 2.53 bits per heavy atom. The van der Waals surface area contributed by atoms with E-state index in [0.717, 1.165) is 19.6 Å². The molecule has 0 aromatic heterocycles. The summed E-state index contributed by atoms with van der Waals surface area (Å²) in [5, 5.41) is 2.85. The van der Waals surface area contributed by atoms with Gasteiger partial charge in [-0.3, -0.25) is 4.79 Å². The second-order valence-electron chi connectivity index (χ2n) is 7.37. The number of rotatable bonds is 10. The molecule has 32 heavy (non-hydrogen) atoms. The van der Waals surface area contributed by atoms with Crippen LogP contribution in [-0.4, -0.2) is 76.1 Å². The van der Waals surface area contributed by atoms with Gasteiger partial charge in [-0.2, -0.15) is 4.31 Å². The number of sulfonamides is 1. The average molecular weight is 462 g/mol. The monoisotopic (exact) mass is 461 g/mol. The summed E-state index contributed by atoms with van der Waals surface area (Å²) in [6.07, 6.45) is 0. The Hall–Kier alpha value is -2.46. The highest BCUT2D eigenvalue weighted by Crippen LogP contribution is 2.25. The molecule has 0 aliphatic carbocycles. The number of hydrogen-bond acceptors (Lipinski definition) is 6. The Bertz CT molecular complexity index is 1000. The molecule has 1 heterocycles. The van der Waals surface area contributed by atoms with Gasteiger partial charge in [0.1, 0.15) is 12.4 Å². The van der Waals surface area contributed by atoms with Crippen molar-refractivity contribution in [2.24, 2.45) is 0 Å². The number of nitrogens with one attached hydrogen (secondary N) is 1. The molecule has 8 nitrogen and oxygen atoms in total. The Morgan fingerprint density at radius 1 is 1.09 bits per heavy atom. The van der Waals surface area contributed by atoms with Crippen molar-refractivity contribution in [1.82, 2.24) is 9.21 Å². The third kappa shape index (κ3) is 6.07. The molecule has 1 aliphatic rings. The zero-order valence-electron chi connectivity index (χ0n) is 18.6. The van der Waals surface area contributed by atoms with Gasteiger partial charge in [-0.1, -0.05) is 32.0 Å². The lowest BCUT2D eigenvalue weighted by molar-refractivity contribution is 0.0730. The Kier molecular flexibility index (Phi) is 8.63. The van der Waals surface area contributed by atoms with Crippen LogP contribution in [-0.2, 0) is 14.8 Å². The zero-order chi connectivity index (χ0) is 23.0. The molecule has 1 aliphatic heterocycles. The van der Waals surface area contributed by atoms with Gasteiger partial charge in [-0.05, 0) is 43.4 Å². The fourth-order valence-corrected chi connectivity index (χ4v) is 4.90. The van der Waals surface area contributed by atoms with Gasteiger partial charge >= 0.3 is 0 Å². The van der Waals surface area contributed by atoms with Crippen LogP contribution >= 0.6 is 0 Å². The highest BCUT2D eigenvalue weighted by molar-refractivity contribution is 7.89. The van der Waals surface area contributed by atoms with E-state index >= 15 is 0 Å². The third-order valence-corrected chi connectivity index (χ3v) is 7.29. The molecule has 0 radical (unpaired) electrons. The number of morpholine rings is 1. The maximum atomic E-state index is 12.9. The molecule has 2 aromatic rings. The first-order chi connectivity index (χ1) is 15.5. The second-order valence-corrected chi connectivity index (χ2v) is 9.31. The minimum atomic E-state index is -3.68. The first-order valence-corrected chi connectivity index (χ1v) is 12.3. The van der Waals surface area contributed by atoms with Crippen LogP contribution in [0.1, 0.15) is 24.2 Å². The summed E-state index contributed by atoms with van der Waals surface area (Å²) in [5.41, 5.74) is 0.802. The van der Waals surface area contributed by atoms with Gasteiger partial charge in [0.15, 0.2) is 0 Å². The highest BCUT2D eigenvalue weighted by atomic mass is 32.2. The Balaban J connectivity index is 1.71. The number of para-hydroxylation sites is 2. The van der Waals surface area contributed by atoms with Crippen LogP contribution in [0.3, 0.4) is 0 Å². The first kappa shape index (κ1) is 24.2. The number of carbonyl (C=O) groups is 1. The van der Waals surface area contributed by atoms with E-state index in [1.54, 1.807) is 24.3 Å². The highest BCUT2D eigenvalue weighted by Gasteiger charge is 2.27. The molecule has 0 unspecified atom stereocenters. The van der Waals surface area contributed by atoms with Crippen LogP contribution in [0, 0.1) is 0 Å². The molecule has 0 atom stereocenters. The molecule has 3 rings (SSSR count). The Morgan fingerprint density at radius 2 is 1.81 bits per heavy atom. The molecule has 1 fully saturated rings. The number of nitrogens with zero attached hydrogens (tertiary/aromatic N) is 2. The van der Waals surface area contributed by atoms with Crippen LogP contribution in [0.5, 0.6) is 5.75 Å².